The number of nitrogens with zero attached hydrogens (tertiary/aromatic N) is 1. The lowest BCUT2D eigenvalue weighted by Gasteiger charge is -2.30. The average Bonchev–Trinajstić information content (AvgIpc) is 2.70. The van der Waals surface area contributed by atoms with Gasteiger partial charge in [0.1, 0.15) is 17.6 Å². The third-order valence-electron chi connectivity index (χ3n) is 4.59. The molecule has 1 amide bonds. The van der Waals surface area contributed by atoms with Crippen LogP contribution in [0.5, 0.6) is 5.75 Å². The molecular formula is C22H29FN2O4S. The minimum absolute atomic E-state index is 0.260. The maximum absolute atomic E-state index is 13.2. The first kappa shape index (κ1) is 23.7. The fourth-order valence-electron chi connectivity index (χ4n) is 3.19. The number of carbonyl (C=O) groups excluding carboxylic acids is 1. The second-order valence-electron chi connectivity index (χ2n) is 6.93. The highest BCUT2D eigenvalue weighted by atomic mass is 32.2. The van der Waals surface area contributed by atoms with E-state index in [1.807, 2.05) is 31.2 Å². The predicted octanol–water partition coefficient (Wildman–Crippen LogP) is 3.52. The molecular weight excluding hydrogens is 407 g/mol. The molecule has 0 bridgehead atoms. The van der Waals surface area contributed by atoms with Crippen molar-refractivity contribution >= 4 is 21.6 Å². The van der Waals surface area contributed by atoms with Crippen molar-refractivity contribution in [1.82, 2.24) is 5.32 Å². The highest BCUT2D eigenvalue weighted by molar-refractivity contribution is 7.92. The average molecular weight is 437 g/mol. The Hall–Kier alpha value is -2.61. The second kappa shape index (κ2) is 11.0. The SMILES string of the molecule is CCOc1ccc(CCCNC(=O)C(CC)N(c2ccc(F)cc2)S(C)(=O)=O)cc1. The standard InChI is InChI=1S/C22H29FN2O4S/c1-4-21(25(30(3,27)28)19-12-10-18(23)11-13-19)22(26)24-16-6-7-17-8-14-20(15-9-17)29-5-2/h8-15,21H,4-7,16H2,1-3H3,(H,24,26). The number of anilines is 1. The van der Waals surface area contributed by atoms with Crippen molar-refractivity contribution in [2.24, 2.45) is 0 Å². The van der Waals surface area contributed by atoms with Crippen LogP contribution in [0.1, 0.15) is 32.3 Å². The van der Waals surface area contributed by atoms with E-state index in [0.29, 0.717) is 19.6 Å². The van der Waals surface area contributed by atoms with Gasteiger partial charge >= 0.3 is 0 Å². The van der Waals surface area contributed by atoms with Crippen LogP contribution in [0.4, 0.5) is 10.1 Å². The summed E-state index contributed by atoms with van der Waals surface area (Å²) in [5, 5.41) is 2.83. The van der Waals surface area contributed by atoms with Gasteiger partial charge in [-0.05, 0) is 68.1 Å². The predicted molar refractivity (Wildman–Crippen MR) is 117 cm³/mol. The number of halogens is 1. The molecule has 0 heterocycles. The number of benzene rings is 2. The van der Waals surface area contributed by atoms with E-state index in [4.69, 9.17) is 4.74 Å². The fraction of sp³-hybridized carbons (Fsp3) is 0.409. The third-order valence-corrected chi connectivity index (χ3v) is 5.77. The minimum Gasteiger partial charge on any atom is -0.494 e. The number of ether oxygens (including phenoxy) is 1. The van der Waals surface area contributed by atoms with Crippen LogP contribution < -0.4 is 14.4 Å². The van der Waals surface area contributed by atoms with Crippen LogP contribution in [0, 0.1) is 5.82 Å². The van der Waals surface area contributed by atoms with Gasteiger partial charge < -0.3 is 10.1 Å². The van der Waals surface area contributed by atoms with E-state index >= 15 is 0 Å². The Morgan fingerprint density at radius 1 is 1.10 bits per heavy atom. The lowest BCUT2D eigenvalue weighted by molar-refractivity contribution is -0.122. The molecule has 0 spiro atoms. The first-order valence-corrected chi connectivity index (χ1v) is 11.9. The number of hydrogen-bond donors (Lipinski definition) is 1. The molecule has 0 aliphatic carbocycles. The van der Waals surface area contributed by atoms with E-state index in [-0.39, 0.29) is 18.0 Å². The topological polar surface area (TPSA) is 75.7 Å². The molecule has 8 heteroatoms. The van der Waals surface area contributed by atoms with E-state index in [9.17, 15) is 17.6 Å². The molecule has 164 valence electrons. The molecule has 1 atom stereocenters. The summed E-state index contributed by atoms with van der Waals surface area (Å²) in [6, 6.07) is 12.0. The van der Waals surface area contributed by atoms with Crippen LogP contribution in [-0.4, -0.2) is 39.8 Å². The van der Waals surface area contributed by atoms with Crippen LogP contribution >= 0.6 is 0 Å². The fourth-order valence-corrected chi connectivity index (χ4v) is 4.40. The second-order valence-corrected chi connectivity index (χ2v) is 8.79. The first-order chi connectivity index (χ1) is 14.3. The van der Waals surface area contributed by atoms with Crippen molar-refractivity contribution in [2.75, 3.05) is 23.7 Å². The van der Waals surface area contributed by atoms with Crippen molar-refractivity contribution < 1.29 is 22.3 Å². The summed E-state index contributed by atoms with van der Waals surface area (Å²) in [6.07, 6.45) is 2.82. The van der Waals surface area contributed by atoms with E-state index in [0.717, 1.165) is 28.3 Å². The Morgan fingerprint density at radius 2 is 1.73 bits per heavy atom. The Labute approximate surface area is 178 Å². The van der Waals surface area contributed by atoms with E-state index in [1.54, 1.807) is 6.92 Å². The number of amides is 1. The number of sulfonamides is 1. The molecule has 0 aliphatic heterocycles. The Bertz CT molecular complexity index is 915. The molecule has 2 aromatic rings. The van der Waals surface area contributed by atoms with Gasteiger partial charge in [-0.25, -0.2) is 12.8 Å². The van der Waals surface area contributed by atoms with Crippen molar-refractivity contribution in [1.29, 1.82) is 0 Å². The number of aryl methyl sites for hydroxylation is 1. The summed E-state index contributed by atoms with van der Waals surface area (Å²) in [5.74, 6) is -0.0278. The largest absolute Gasteiger partial charge is 0.494 e. The Kier molecular flexibility index (Phi) is 8.65. The lowest BCUT2D eigenvalue weighted by atomic mass is 10.1. The molecule has 0 saturated carbocycles. The zero-order valence-corrected chi connectivity index (χ0v) is 18.4. The highest BCUT2D eigenvalue weighted by Crippen LogP contribution is 2.23. The van der Waals surface area contributed by atoms with Crippen molar-refractivity contribution in [2.45, 2.75) is 39.2 Å². The molecule has 2 aromatic carbocycles. The zero-order valence-electron chi connectivity index (χ0n) is 17.6. The van der Waals surface area contributed by atoms with E-state index < -0.39 is 21.9 Å². The number of nitrogens with one attached hydrogen (secondary N) is 1. The Morgan fingerprint density at radius 3 is 2.27 bits per heavy atom. The van der Waals surface area contributed by atoms with Crippen LogP contribution in [0.25, 0.3) is 0 Å². The molecule has 6 nitrogen and oxygen atoms in total. The quantitative estimate of drug-likeness (QED) is 0.547. The zero-order chi connectivity index (χ0) is 22.1. The van der Waals surface area contributed by atoms with Crippen LogP contribution in [-0.2, 0) is 21.2 Å². The highest BCUT2D eigenvalue weighted by Gasteiger charge is 2.31. The van der Waals surface area contributed by atoms with Gasteiger partial charge in [0.25, 0.3) is 0 Å². The molecule has 2 rings (SSSR count). The molecule has 0 aliphatic rings. The monoisotopic (exact) mass is 436 g/mol. The summed E-state index contributed by atoms with van der Waals surface area (Å²) < 4.78 is 44.4. The number of rotatable bonds is 11. The molecule has 0 radical (unpaired) electrons. The van der Waals surface area contributed by atoms with Crippen molar-refractivity contribution in [3.8, 4) is 5.75 Å². The van der Waals surface area contributed by atoms with Gasteiger partial charge in [-0.2, -0.15) is 0 Å². The summed E-state index contributed by atoms with van der Waals surface area (Å²) in [7, 11) is -3.73. The number of hydrogen-bond acceptors (Lipinski definition) is 4. The lowest BCUT2D eigenvalue weighted by Crippen LogP contribution is -2.49. The van der Waals surface area contributed by atoms with E-state index in [2.05, 4.69) is 5.32 Å². The third kappa shape index (κ3) is 6.73. The summed E-state index contributed by atoms with van der Waals surface area (Å²) in [5.41, 5.74) is 1.39. The molecule has 0 fully saturated rings. The van der Waals surface area contributed by atoms with Gasteiger partial charge in [-0.3, -0.25) is 9.10 Å². The van der Waals surface area contributed by atoms with Crippen LogP contribution in [0.3, 0.4) is 0 Å². The maximum atomic E-state index is 13.2. The van der Waals surface area contributed by atoms with Crippen LogP contribution in [0.2, 0.25) is 0 Å². The van der Waals surface area contributed by atoms with E-state index in [1.165, 1.54) is 24.3 Å². The first-order valence-electron chi connectivity index (χ1n) is 10.0. The van der Waals surface area contributed by atoms with Crippen molar-refractivity contribution in [3.63, 3.8) is 0 Å². The molecule has 30 heavy (non-hydrogen) atoms. The van der Waals surface area contributed by atoms with Gasteiger partial charge in [0.05, 0.1) is 18.6 Å². The van der Waals surface area contributed by atoms with Gasteiger partial charge in [0.15, 0.2) is 0 Å². The Balaban J connectivity index is 1.97. The van der Waals surface area contributed by atoms with Gasteiger partial charge in [-0.1, -0.05) is 19.1 Å². The van der Waals surface area contributed by atoms with Crippen LogP contribution in [0.15, 0.2) is 48.5 Å². The molecule has 0 aromatic heterocycles. The molecule has 1 N–H and O–H groups in total. The van der Waals surface area contributed by atoms with Gasteiger partial charge in [0, 0.05) is 6.54 Å². The minimum atomic E-state index is -3.73. The summed E-state index contributed by atoms with van der Waals surface area (Å²) >= 11 is 0. The van der Waals surface area contributed by atoms with Crippen molar-refractivity contribution in [3.05, 3.63) is 59.9 Å². The smallest absolute Gasteiger partial charge is 0.243 e. The number of carbonyl (C=O) groups is 1. The normalized spacial score (nSPS) is 12.3. The molecule has 0 saturated heterocycles. The molecule has 1 unspecified atom stereocenters. The van der Waals surface area contributed by atoms with Gasteiger partial charge in [0.2, 0.25) is 15.9 Å². The maximum Gasteiger partial charge on any atom is 0.243 e. The van der Waals surface area contributed by atoms with Gasteiger partial charge in [-0.15, -0.1) is 0 Å². The summed E-state index contributed by atoms with van der Waals surface area (Å²) in [6.45, 7) is 4.71. The summed E-state index contributed by atoms with van der Waals surface area (Å²) in [4.78, 5) is 12.7.